The molecule has 0 aromatic rings. The first kappa shape index (κ1) is 16.9. The molecule has 0 fully saturated rings. The number of aliphatic carboxylic acids is 1. The molecular weight excluding hydrogens is 277 g/mol. The number of hydrogen-bond acceptors (Lipinski definition) is 2. The maximum atomic E-state index is 12.7. The quantitative estimate of drug-likeness (QED) is 0.763. The Kier molecular flexibility index (Phi) is 4.98. The van der Waals surface area contributed by atoms with Gasteiger partial charge in [-0.25, -0.2) is 4.79 Å². The molecule has 1 unspecified atom stereocenters. The topological polar surface area (TPSA) is 46.5 Å². The number of halogens is 7. The zero-order valence-corrected chi connectivity index (χ0v) is 8.90. The molecule has 1 atom stereocenters. The van der Waals surface area contributed by atoms with Crippen LogP contribution in [0.15, 0.2) is 0 Å². The second-order valence-electron chi connectivity index (χ2n) is 3.32. The van der Waals surface area contributed by atoms with E-state index < -0.39 is 36.7 Å². The van der Waals surface area contributed by atoms with E-state index in [2.05, 4.69) is 4.74 Å². The predicted octanol–water partition coefficient (Wildman–Crippen LogP) is 3.05. The van der Waals surface area contributed by atoms with E-state index in [-0.39, 0.29) is 6.42 Å². The average Bonchev–Trinajstić information content (AvgIpc) is 2.14. The molecule has 0 heterocycles. The predicted molar refractivity (Wildman–Crippen MR) is 43.4 cm³/mol. The second kappa shape index (κ2) is 5.29. The largest absolute Gasteiger partial charge is 0.479 e. The van der Waals surface area contributed by atoms with Crippen LogP contribution >= 0.6 is 0 Å². The van der Waals surface area contributed by atoms with E-state index in [9.17, 15) is 35.5 Å². The fraction of sp³-hybridized carbons (Fsp3) is 0.875. The summed E-state index contributed by atoms with van der Waals surface area (Å²) in [4.78, 5) is 10.4. The number of rotatable bonds is 6. The van der Waals surface area contributed by atoms with Gasteiger partial charge in [0.15, 0.2) is 6.10 Å². The van der Waals surface area contributed by atoms with Gasteiger partial charge in [-0.3, -0.25) is 0 Å². The molecule has 0 spiro atoms. The Morgan fingerprint density at radius 3 is 1.89 bits per heavy atom. The molecule has 0 aromatic heterocycles. The van der Waals surface area contributed by atoms with Crippen molar-refractivity contribution in [3.05, 3.63) is 0 Å². The van der Waals surface area contributed by atoms with Gasteiger partial charge in [-0.1, -0.05) is 13.3 Å². The van der Waals surface area contributed by atoms with Crippen LogP contribution in [0.25, 0.3) is 0 Å². The van der Waals surface area contributed by atoms with Crippen molar-refractivity contribution in [3.63, 3.8) is 0 Å². The van der Waals surface area contributed by atoms with Gasteiger partial charge in [0, 0.05) is 0 Å². The van der Waals surface area contributed by atoms with Crippen LogP contribution in [0.4, 0.5) is 30.7 Å². The van der Waals surface area contributed by atoms with Crippen LogP contribution in [0.5, 0.6) is 0 Å². The molecule has 0 aliphatic rings. The molecule has 0 saturated carbocycles. The van der Waals surface area contributed by atoms with Crippen LogP contribution in [0, 0.1) is 0 Å². The summed E-state index contributed by atoms with van der Waals surface area (Å²) >= 11 is 0. The third-order valence-electron chi connectivity index (χ3n) is 1.84. The highest BCUT2D eigenvalue weighted by atomic mass is 19.4. The number of carboxylic acids is 1. The van der Waals surface area contributed by atoms with Crippen molar-refractivity contribution in [1.29, 1.82) is 0 Å². The summed E-state index contributed by atoms with van der Waals surface area (Å²) in [6.45, 7) is 1.32. The summed E-state index contributed by atoms with van der Waals surface area (Å²) in [5.41, 5.74) is 0. The van der Waals surface area contributed by atoms with Crippen LogP contribution < -0.4 is 0 Å². The van der Waals surface area contributed by atoms with Crippen molar-refractivity contribution in [2.75, 3.05) is 0 Å². The van der Waals surface area contributed by atoms with Gasteiger partial charge in [0.1, 0.15) is 0 Å². The molecule has 10 heteroatoms. The minimum absolute atomic E-state index is 0.0510. The minimum atomic E-state index is -6.55. The average molecular weight is 286 g/mol. The standard InChI is InChI=1S/C8H9F7O3/c1-2-3-4(5(16)17)18-8(14,15)6(9,10)7(11,12)13/h4H,2-3H2,1H3,(H,16,17). The maximum absolute atomic E-state index is 12.7. The first-order valence-electron chi connectivity index (χ1n) is 4.59. The number of ether oxygens (including phenoxy) is 1. The maximum Gasteiger partial charge on any atom is 0.462 e. The molecule has 0 bridgehead atoms. The van der Waals surface area contributed by atoms with E-state index >= 15 is 0 Å². The molecule has 18 heavy (non-hydrogen) atoms. The normalized spacial score (nSPS) is 15.6. The summed E-state index contributed by atoms with van der Waals surface area (Å²) in [5, 5.41) is 8.35. The van der Waals surface area contributed by atoms with E-state index in [4.69, 9.17) is 5.11 Å². The molecule has 0 rings (SSSR count). The highest BCUT2D eigenvalue weighted by Gasteiger charge is 2.75. The van der Waals surface area contributed by atoms with Gasteiger partial charge >= 0.3 is 24.2 Å². The van der Waals surface area contributed by atoms with Crippen molar-refractivity contribution in [3.8, 4) is 0 Å². The van der Waals surface area contributed by atoms with Crippen LogP contribution in [0.1, 0.15) is 19.8 Å². The molecule has 108 valence electrons. The molecule has 0 aliphatic heterocycles. The van der Waals surface area contributed by atoms with Crippen LogP contribution in [-0.4, -0.2) is 35.4 Å². The molecule has 0 aliphatic carbocycles. The Morgan fingerprint density at radius 1 is 1.17 bits per heavy atom. The van der Waals surface area contributed by atoms with Crippen LogP contribution in [0.2, 0.25) is 0 Å². The fourth-order valence-corrected chi connectivity index (χ4v) is 0.913. The van der Waals surface area contributed by atoms with Crippen molar-refractivity contribution in [2.45, 2.75) is 44.1 Å². The van der Waals surface area contributed by atoms with Crippen molar-refractivity contribution in [2.24, 2.45) is 0 Å². The van der Waals surface area contributed by atoms with E-state index in [1.54, 1.807) is 0 Å². The smallest absolute Gasteiger partial charge is 0.462 e. The molecule has 3 nitrogen and oxygen atoms in total. The van der Waals surface area contributed by atoms with Crippen LogP contribution in [-0.2, 0) is 9.53 Å². The molecule has 0 amide bonds. The lowest BCUT2D eigenvalue weighted by Gasteiger charge is -2.29. The number of carboxylic acid groups (broad SMARTS) is 1. The minimum Gasteiger partial charge on any atom is -0.479 e. The molecule has 0 saturated heterocycles. The Bertz CT molecular complexity index is 300. The molecule has 0 radical (unpaired) electrons. The lowest BCUT2D eigenvalue weighted by molar-refractivity contribution is -0.429. The monoisotopic (exact) mass is 286 g/mol. The van der Waals surface area contributed by atoms with E-state index in [0.717, 1.165) is 0 Å². The van der Waals surface area contributed by atoms with Crippen molar-refractivity contribution >= 4 is 5.97 Å². The van der Waals surface area contributed by atoms with Gasteiger partial charge < -0.3 is 9.84 Å². The summed E-state index contributed by atoms with van der Waals surface area (Å²) in [7, 11) is 0. The van der Waals surface area contributed by atoms with Gasteiger partial charge in [-0.2, -0.15) is 30.7 Å². The third kappa shape index (κ3) is 3.47. The SMILES string of the molecule is CCCC(OC(F)(F)C(F)(F)C(F)(F)F)C(=O)O. The van der Waals surface area contributed by atoms with Crippen molar-refractivity contribution in [1.82, 2.24) is 0 Å². The Hall–Kier alpha value is -1.06. The Balaban J connectivity index is 5.09. The van der Waals surface area contributed by atoms with Gasteiger partial charge in [0.2, 0.25) is 0 Å². The highest BCUT2D eigenvalue weighted by Crippen LogP contribution is 2.47. The van der Waals surface area contributed by atoms with Crippen LogP contribution in [0.3, 0.4) is 0 Å². The second-order valence-corrected chi connectivity index (χ2v) is 3.32. The number of alkyl halides is 7. The zero-order valence-electron chi connectivity index (χ0n) is 8.90. The fourth-order valence-electron chi connectivity index (χ4n) is 0.913. The zero-order chi connectivity index (χ0) is 14.8. The first-order valence-corrected chi connectivity index (χ1v) is 4.59. The van der Waals surface area contributed by atoms with Gasteiger partial charge in [0.05, 0.1) is 0 Å². The lowest BCUT2D eigenvalue weighted by Crippen LogP contribution is -2.55. The molecule has 1 N–H and O–H groups in total. The highest BCUT2D eigenvalue weighted by molar-refractivity contribution is 5.72. The molecule has 0 aromatic carbocycles. The third-order valence-corrected chi connectivity index (χ3v) is 1.84. The summed E-state index contributed by atoms with van der Waals surface area (Å²) in [5.74, 6) is -8.52. The van der Waals surface area contributed by atoms with E-state index in [0.29, 0.717) is 0 Å². The summed E-state index contributed by atoms with van der Waals surface area (Å²) in [6, 6.07) is 0. The van der Waals surface area contributed by atoms with Gasteiger partial charge in [-0.05, 0) is 6.42 Å². The number of hydrogen-bond donors (Lipinski definition) is 1. The lowest BCUT2D eigenvalue weighted by atomic mass is 10.2. The van der Waals surface area contributed by atoms with E-state index in [1.807, 2.05) is 0 Å². The number of carbonyl (C=O) groups is 1. The first-order chi connectivity index (χ1) is 7.87. The van der Waals surface area contributed by atoms with Gasteiger partial charge in [0.25, 0.3) is 0 Å². The summed E-state index contributed by atoms with van der Waals surface area (Å²) < 4.78 is 88.4. The van der Waals surface area contributed by atoms with E-state index in [1.165, 1.54) is 6.92 Å². The summed E-state index contributed by atoms with van der Waals surface area (Å²) in [6.07, 6.45) is -15.6. The Labute approximate surface area is 96.5 Å². The van der Waals surface area contributed by atoms with Crippen molar-refractivity contribution < 1.29 is 45.4 Å². The van der Waals surface area contributed by atoms with Gasteiger partial charge in [-0.15, -0.1) is 0 Å². The molecular formula is C8H9F7O3. The Morgan fingerprint density at radius 2 is 1.61 bits per heavy atom.